The van der Waals surface area contributed by atoms with Crippen molar-refractivity contribution in [1.82, 2.24) is 10.2 Å². The number of nitrogens with one attached hydrogen (secondary N) is 1. The monoisotopic (exact) mass is 486 g/mol. The lowest BCUT2D eigenvalue weighted by Gasteiger charge is -2.34. The molecule has 0 fully saturated rings. The minimum atomic E-state index is -0.691. The molecule has 5 heteroatoms. The zero-order valence-corrected chi connectivity index (χ0v) is 22.0. The lowest BCUT2D eigenvalue weighted by molar-refractivity contribution is -0.143. The molecular formula is C31H38N2O3. The topological polar surface area (TPSA) is 58.6 Å². The van der Waals surface area contributed by atoms with Crippen LogP contribution in [0.25, 0.3) is 0 Å². The summed E-state index contributed by atoms with van der Waals surface area (Å²) in [6.45, 7) is 10.2. The van der Waals surface area contributed by atoms with Crippen LogP contribution in [0.2, 0.25) is 0 Å². The van der Waals surface area contributed by atoms with Crippen molar-refractivity contribution in [3.63, 3.8) is 0 Å². The molecule has 2 amide bonds. The van der Waals surface area contributed by atoms with Crippen molar-refractivity contribution in [1.29, 1.82) is 0 Å². The number of amides is 2. The summed E-state index contributed by atoms with van der Waals surface area (Å²) in [7, 11) is 0. The molecule has 0 aromatic heterocycles. The van der Waals surface area contributed by atoms with Crippen LogP contribution in [-0.4, -0.2) is 34.9 Å². The van der Waals surface area contributed by atoms with Gasteiger partial charge in [-0.1, -0.05) is 92.7 Å². The minimum absolute atomic E-state index is 0.148. The zero-order chi connectivity index (χ0) is 26.1. The Morgan fingerprint density at radius 2 is 1.39 bits per heavy atom. The third kappa shape index (κ3) is 7.98. The SMILES string of the molecule is CC(C)c1ccccc1OCC(=O)N(Cc1ccccc1)[C@H](Cc1ccccc1)C(=O)NC(C)(C)C. The maximum Gasteiger partial charge on any atom is 0.261 e. The van der Waals surface area contributed by atoms with Crippen molar-refractivity contribution in [3.05, 3.63) is 102 Å². The molecule has 3 aromatic carbocycles. The molecule has 0 saturated heterocycles. The van der Waals surface area contributed by atoms with Crippen LogP contribution in [0.5, 0.6) is 5.75 Å². The van der Waals surface area contributed by atoms with Gasteiger partial charge in [0.05, 0.1) is 0 Å². The van der Waals surface area contributed by atoms with Crippen LogP contribution in [0.4, 0.5) is 0 Å². The number of rotatable bonds is 10. The second kappa shape index (κ2) is 12.4. The molecule has 190 valence electrons. The second-order valence-corrected chi connectivity index (χ2v) is 10.4. The largest absolute Gasteiger partial charge is 0.483 e. The maximum atomic E-state index is 13.7. The molecular weight excluding hydrogens is 448 g/mol. The molecule has 0 aliphatic rings. The van der Waals surface area contributed by atoms with E-state index in [0.717, 1.165) is 16.7 Å². The van der Waals surface area contributed by atoms with Gasteiger partial charge < -0.3 is 15.0 Å². The van der Waals surface area contributed by atoms with Crippen LogP contribution in [-0.2, 0) is 22.6 Å². The van der Waals surface area contributed by atoms with Gasteiger partial charge >= 0.3 is 0 Å². The number of carbonyl (C=O) groups is 2. The lowest BCUT2D eigenvalue weighted by Crippen LogP contribution is -2.55. The number of carbonyl (C=O) groups excluding carboxylic acids is 2. The predicted molar refractivity (Wildman–Crippen MR) is 145 cm³/mol. The van der Waals surface area contributed by atoms with Crippen LogP contribution in [0, 0.1) is 0 Å². The first-order chi connectivity index (χ1) is 17.1. The van der Waals surface area contributed by atoms with E-state index in [0.29, 0.717) is 18.7 Å². The van der Waals surface area contributed by atoms with Crippen molar-refractivity contribution < 1.29 is 14.3 Å². The van der Waals surface area contributed by atoms with Crippen LogP contribution in [0.15, 0.2) is 84.9 Å². The average molecular weight is 487 g/mol. The fourth-order valence-electron chi connectivity index (χ4n) is 4.10. The molecule has 3 rings (SSSR count). The van der Waals surface area contributed by atoms with E-state index in [1.165, 1.54) is 0 Å². The van der Waals surface area contributed by atoms with Gasteiger partial charge in [-0.05, 0) is 49.4 Å². The van der Waals surface area contributed by atoms with Gasteiger partial charge in [0, 0.05) is 18.5 Å². The number of ether oxygens (including phenoxy) is 1. The van der Waals surface area contributed by atoms with E-state index in [4.69, 9.17) is 4.74 Å². The van der Waals surface area contributed by atoms with Gasteiger partial charge in [-0.2, -0.15) is 0 Å². The molecule has 0 unspecified atom stereocenters. The molecule has 0 spiro atoms. The quantitative estimate of drug-likeness (QED) is 0.397. The molecule has 0 saturated carbocycles. The molecule has 0 heterocycles. The number of nitrogens with zero attached hydrogens (tertiary/aromatic N) is 1. The first kappa shape index (κ1) is 27.0. The number of benzene rings is 3. The molecule has 3 aromatic rings. The Kier molecular flexibility index (Phi) is 9.29. The average Bonchev–Trinajstić information content (AvgIpc) is 2.85. The standard InChI is InChI=1S/C31H38N2O3/c1-23(2)26-18-12-13-19-28(26)36-22-29(34)33(21-25-16-10-7-11-17-25)27(30(35)32-31(3,4)5)20-24-14-8-6-9-15-24/h6-19,23,27H,20-22H2,1-5H3,(H,32,35)/t27-/m1/s1. The van der Waals surface area contributed by atoms with Gasteiger partial charge in [0.1, 0.15) is 11.8 Å². The summed E-state index contributed by atoms with van der Waals surface area (Å²) in [4.78, 5) is 29.0. The molecule has 0 radical (unpaired) electrons. The van der Waals surface area contributed by atoms with Gasteiger partial charge in [0.15, 0.2) is 6.61 Å². The number of para-hydroxylation sites is 1. The zero-order valence-electron chi connectivity index (χ0n) is 22.0. The third-order valence-electron chi connectivity index (χ3n) is 5.86. The van der Waals surface area contributed by atoms with Crippen LogP contribution < -0.4 is 10.1 Å². The third-order valence-corrected chi connectivity index (χ3v) is 5.86. The van der Waals surface area contributed by atoms with E-state index in [2.05, 4.69) is 19.2 Å². The summed E-state index contributed by atoms with van der Waals surface area (Å²) in [6, 6.07) is 26.7. The Morgan fingerprint density at radius 3 is 1.97 bits per heavy atom. The van der Waals surface area contributed by atoms with Gasteiger partial charge in [0.25, 0.3) is 5.91 Å². The molecule has 36 heavy (non-hydrogen) atoms. The highest BCUT2D eigenvalue weighted by Crippen LogP contribution is 2.26. The normalized spacial score (nSPS) is 12.2. The van der Waals surface area contributed by atoms with Gasteiger partial charge in [-0.15, -0.1) is 0 Å². The number of hydrogen-bond donors (Lipinski definition) is 1. The van der Waals surface area contributed by atoms with Crippen molar-refractivity contribution in [2.75, 3.05) is 6.61 Å². The minimum Gasteiger partial charge on any atom is -0.483 e. The van der Waals surface area contributed by atoms with E-state index >= 15 is 0 Å². The van der Waals surface area contributed by atoms with E-state index in [-0.39, 0.29) is 24.3 Å². The summed E-state index contributed by atoms with van der Waals surface area (Å²) in [6.07, 6.45) is 0.407. The number of hydrogen-bond acceptors (Lipinski definition) is 3. The lowest BCUT2D eigenvalue weighted by atomic mass is 10.0. The second-order valence-electron chi connectivity index (χ2n) is 10.4. The van der Waals surface area contributed by atoms with Crippen LogP contribution in [0.1, 0.15) is 57.2 Å². The first-order valence-electron chi connectivity index (χ1n) is 12.5. The van der Waals surface area contributed by atoms with Gasteiger partial charge in [0.2, 0.25) is 5.91 Å². The Bertz CT molecular complexity index is 1120. The molecule has 0 aliphatic carbocycles. The van der Waals surface area contributed by atoms with Gasteiger partial charge in [-0.25, -0.2) is 0 Å². The summed E-state index contributed by atoms with van der Waals surface area (Å²) < 4.78 is 6.04. The summed E-state index contributed by atoms with van der Waals surface area (Å²) in [5.41, 5.74) is 2.56. The Hall–Kier alpha value is -3.60. The molecule has 1 N–H and O–H groups in total. The highest BCUT2D eigenvalue weighted by atomic mass is 16.5. The molecule has 1 atom stereocenters. The summed E-state index contributed by atoms with van der Waals surface area (Å²) in [5, 5.41) is 3.08. The van der Waals surface area contributed by atoms with E-state index in [1.807, 2.05) is 106 Å². The van der Waals surface area contributed by atoms with Crippen molar-refractivity contribution in [2.24, 2.45) is 0 Å². The first-order valence-corrected chi connectivity index (χ1v) is 12.5. The van der Waals surface area contributed by atoms with Crippen LogP contribution >= 0.6 is 0 Å². The van der Waals surface area contributed by atoms with Crippen molar-refractivity contribution in [2.45, 2.75) is 65.1 Å². The molecule has 0 aliphatic heterocycles. The Labute approximate surface area is 215 Å². The Balaban J connectivity index is 1.92. The molecule has 0 bridgehead atoms. The van der Waals surface area contributed by atoms with E-state index in [9.17, 15) is 9.59 Å². The fraction of sp³-hybridized carbons (Fsp3) is 0.355. The Morgan fingerprint density at radius 1 is 0.833 bits per heavy atom. The highest BCUT2D eigenvalue weighted by molar-refractivity contribution is 5.89. The molecule has 5 nitrogen and oxygen atoms in total. The maximum absolute atomic E-state index is 13.7. The van der Waals surface area contributed by atoms with Gasteiger partial charge in [-0.3, -0.25) is 9.59 Å². The van der Waals surface area contributed by atoms with E-state index in [1.54, 1.807) is 4.90 Å². The fourth-order valence-corrected chi connectivity index (χ4v) is 4.10. The summed E-state index contributed by atoms with van der Waals surface area (Å²) >= 11 is 0. The van der Waals surface area contributed by atoms with Crippen molar-refractivity contribution in [3.8, 4) is 5.75 Å². The van der Waals surface area contributed by atoms with Crippen LogP contribution in [0.3, 0.4) is 0 Å². The smallest absolute Gasteiger partial charge is 0.261 e. The summed E-state index contributed by atoms with van der Waals surface area (Å²) in [5.74, 6) is 0.542. The van der Waals surface area contributed by atoms with Crippen molar-refractivity contribution >= 4 is 11.8 Å². The van der Waals surface area contributed by atoms with E-state index < -0.39 is 11.6 Å². The predicted octanol–water partition coefficient (Wildman–Crippen LogP) is 5.74. The highest BCUT2D eigenvalue weighted by Gasteiger charge is 2.32.